The van der Waals surface area contributed by atoms with Crippen LogP contribution in [0.1, 0.15) is 39.8 Å². The minimum absolute atomic E-state index is 0.00554. The molecular formula is C60H64N12O11. The Balaban J connectivity index is 1.08. The van der Waals surface area contributed by atoms with Gasteiger partial charge in [-0.25, -0.2) is 0 Å². The summed E-state index contributed by atoms with van der Waals surface area (Å²) in [5.41, 5.74) is 45.2. The van der Waals surface area contributed by atoms with Crippen molar-refractivity contribution < 1.29 is 52.5 Å². The van der Waals surface area contributed by atoms with Crippen LogP contribution >= 0.6 is 0 Å². The Bertz CT molecular complexity index is 3090. The topological polar surface area (TPSA) is 308 Å². The zero-order valence-electron chi connectivity index (χ0n) is 45.2. The molecule has 430 valence electrons. The van der Waals surface area contributed by atoms with E-state index >= 15 is 0 Å². The fraction of sp³-hybridized carbons (Fsp3) is 0.400. The van der Waals surface area contributed by atoms with E-state index in [0.717, 1.165) is 33.4 Å². The van der Waals surface area contributed by atoms with Gasteiger partial charge >= 0.3 is 0 Å². The molecule has 1 N–H and O–H groups in total. The van der Waals surface area contributed by atoms with Crippen molar-refractivity contribution in [1.82, 2.24) is 0 Å². The molecule has 6 aromatic rings. The molecular weight excluding hydrogens is 1060 g/mol. The Kier molecular flexibility index (Phi) is 22.7. The highest BCUT2D eigenvalue weighted by molar-refractivity contribution is 5.19. The van der Waals surface area contributed by atoms with Crippen LogP contribution in [-0.2, 0) is 87.0 Å². The van der Waals surface area contributed by atoms with Gasteiger partial charge in [-0.2, -0.15) is 0 Å². The van der Waals surface area contributed by atoms with Gasteiger partial charge in [0.2, 0.25) is 0 Å². The monoisotopic (exact) mass is 1130 g/mol. The molecule has 6 aromatic carbocycles. The van der Waals surface area contributed by atoms with Gasteiger partial charge in [0.05, 0.1) is 95.3 Å². The number of hydrogen-bond donors (Lipinski definition) is 1. The van der Waals surface area contributed by atoms with Gasteiger partial charge in [-0.3, -0.25) is 0 Å². The minimum Gasteiger partial charge on any atom is -0.388 e. The predicted molar refractivity (Wildman–Crippen MR) is 302 cm³/mol. The maximum atomic E-state index is 13.0. The lowest BCUT2D eigenvalue weighted by Crippen LogP contribution is -2.66. The molecule has 0 amide bonds. The largest absolute Gasteiger partial charge is 0.388 e. The maximum Gasteiger partial charge on any atom is 0.187 e. The summed E-state index contributed by atoms with van der Waals surface area (Å²) in [5.74, 6) is 0. The molecule has 1 aliphatic carbocycles. The van der Waals surface area contributed by atoms with Crippen LogP contribution in [0.25, 0.3) is 41.8 Å². The van der Waals surface area contributed by atoms with Gasteiger partial charge in [-0.05, 0) is 61.9 Å². The first kappa shape index (κ1) is 59.7. The molecule has 9 rings (SSSR count). The molecule has 1 saturated carbocycles. The standard InChI is InChI=1S/C60H64N12O11/c61-69-65-32-48-55(76-35-42-23-11-3-12-24-42)57(78-37-44-27-15-5-16-28-44)58(79-38-45-29-17-6-18-30-45)60(80-48)83-53-47(67-71-63)31-46(66-70-62)52(51(53)73)82-59-56(77-36-43-25-13-4-14-26-43)50(68-72-64)54(75-34-41-21-9-2-10-22-41)49(81-59)39-74-33-40-19-7-1-8-20-40/h1-30,46-60,73H,31-39H2/t46-,47+,48+,49-,50+,51-,52+,53-,54-,55+,56-,57-,58+,59+,60+/m1/s1. The second-order valence-corrected chi connectivity index (χ2v) is 20.0. The summed E-state index contributed by atoms with van der Waals surface area (Å²) in [4.78, 5) is 12.6. The molecule has 23 heteroatoms. The number of benzene rings is 6. The smallest absolute Gasteiger partial charge is 0.187 e. The third-order valence-corrected chi connectivity index (χ3v) is 14.4. The molecule has 3 fully saturated rings. The molecule has 2 heterocycles. The molecule has 3 aliphatic rings. The van der Waals surface area contributed by atoms with Gasteiger partial charge in [0.25, 0.3) is 0 Å². The van der Waals surface area contributed by atoms with Gasteiger partial charge in [0.15, 0.2) is 12.6 Å². The Hall–Kier alpha value is -7.88. The predicted octanol–water partition coefficient (Wildman–Crippen LogP) is 11.5. The van der Waals surface area contributed by atoms with Crippen molar-refractivity contribution in [2.75, 3.05) is 13.2 Å². The molecule has 0 bridgehead atoms. The van der Waals surface area contributed by atoms with E-state index in [1.807, 2.05) is 182 Å². The highest BCUT2D eigenvalue weighted by atomic mass is 16.7. The van der Waals surface area contributed by atoms with Crippen molar-refractivity contribution in [2.24, 2.45) is 20.5 Å². The number of ether oxygens (including phenoxy) is 10. The average Bonchev–Trinajstić information content (AvgIpc) is 3.72. The first-order chi connectivity index (χ1) is 40.9. The van der Waals surface area contributed by atoms with Crippen LogP contribution in [0.3, 0.4) is 0 Å². The van der Waals surface area contributed by atoms with Crippen molar-refractivity contribution in [2.45, 2.75) is 138 Å². The average molecular weight is 1130 g/mol. The summed E-state index contributed by atoms with van der Waals surface area (Å²) >= 11 is 0. The van der Waals surface area contributed by atoms with E-state index < -0.39 is 91.7 Å². The molecule has 23 nitrogen and oxygen atoms in total. The Labute approximate surface area is 479 Å². The first-order valence-corrected chi connectivity index (χ1v) is 27.3. The van der Waals surface area contributed by atoms with Crippen LogP contribution in [-0.4, -0.2) is 110 Å². The maximum absolute atomic E-state index is 13.0. The number of hydrogen-bond acceptors (Lipinski definition) is 15. The molecule has 0 spiro atoms. The molecule has 83 heavy (non-hydrogen) atoms. The molecule has 15 atom stereocenters. The van der Waals surface area contributed by atoms with E-state index in [4.69, 9.17) is 47.4 Å². The Morgan fingerprint density at radius 3 is 1.18 bits per heavy atom. The lowest BCUT2D eigenvalue weighted by Gasteiger charge is -2.50. The summed E-state index contributed by atoms with van der Waals surface area (Å²) in [7, 11) is 0. The van der Waals surface area contributed by atoms with Crippen molar-refractivity contribution in [1.29, 1.82) is 0 Å². The normalized spacial score (nSPS) is 27.6. The number of azide groups is 4. The van der Waals surface area contributed by atoms with Crippen molar-refractivity contribution in [3.63, 3.8) is 0 Å². The van der Waals surface area contributed by atoms with Crippen molar-refractivity contribution >= 4 is 0 Å². The second-order valence-electron chi connectivity index (χ2n) is 20.0. The van der Waals surface area contributed by atoms with Crippen LogP contribution in [0.15, 0.2) is 202 Å². The van der Waals surface area contributed by atoms with Crippen LogP contribution in [0.5, 0.6) is 0 Å². The van der Waals surface area contributed by atoms with Crippen LogP contribution in [0.4, 0.5) is 0 Å². The zero-order chi connectivity index (χ0) is 57.4. The molecule has 0 aromatic heterocycles. The first-order valence-electron chi connectivity index (χ1n) is 27.3. The summed E-state index contributed by atoms with van der Waals surface area (Å²) in [5, 5.41) is 29.4. The summed E-state index contributed by atoms with van der Waals surface area (Å²) in [6.07, 6.45) is -15.3. The third-order valence-electron chi connectivity index (χ3n) is 14.4. The minimum atomic E-state index is -1.80. The Morgan fingerprint density at radius 1 is 0.398 bits per heavy atom. The third kappa shape index (κ3) is 16.7. The van der Waals surface area contributed by atoms with E-state index in [1.54, 1.807) is 0 Å². The van der Waals surface area contributed by atoms with Crippen LogP contribution in [0, 0.1) is 0 Å². The highest BCUT2D eigenvalue weighted by Crippen LogP contribution is 2.39. The molecule has 0 unspecified atom stereocenters. The molecule has 2 aliphatic heterocycles. The van der Waals surface area contributed by atoms with Gasteiger partial charge in [0, 0.05) is 19.6 Å². The fourth-order valence-corrected chi connectivity index (χ4v) is 10.4. The van der Waals surface area contributed by atoms with E-state index in [2.05, 4.69) is 40.1 Å². The number of rotatable bonds is 28. The van der Waals surface area contributed by atoms with Gasteiger partial charge in [-0.15, -0.1) is 0 Å². The molecule has 2 saturated heterocycles. The van der Waals surface area contributed by atoms with Crippen molar-refractivity contribution in [3.05, 3.63) is 257 Å². The lowest BCUT2D eigenvalue weighted by molar-refractivity contribution is -0.348. The summed E-state index contributed by atoms with van der Waals surface area (Å²) in [6, 6.07) is 53.1. The van der Waals surface area contributed by atoms with Crippen LogP contribution < -0.4 is 0 Å². The number of aliphatic hydroxyl groups is 1. The zero-order valence-corrected chi connectivity index (χ0v) is 45.2. The second kappa shape index (κ2) is 31.5. The van der Waals surface area contributed by atoms with Crippen LogP contribution in [0.2, 0.25) is 0 Å². The number of aliphatic hydroxyl groups excluding tert-OH is 1. The summed E-state index contributed by atoms with van der Waals surface area (Å²) in [6.45, 7) is 0.190. The molecule has 0 radical (unpaired) electrons. The summed E-state index contributed by atoms with van der Waals surface area (Å²) < 4.78 is 67.4. The van der Waals surface area contributed by atoms with Gasteiger partial charge in [-0.1, -0.05) is 202 Å². The van der Waals surface area contributed by atoms with E-state index in [1.165, 1.54) is 0 Å². The number of nitrogens with zero attached hydrogens (tertiary/aromatic N) is 12. The van der Waals surface area contributed by atoms with Crippen molar-refractivity contribution in [3.8, 4) is 0 Å². The van der Waals surface area contributed by atoms with E-state index in [0.29, 0.717) is 0 Å². The van der Waals surface area contributed by atoms with E-state index in [9.17, 15) is 27.2 Å². The Morgan fingerprint density at radius 2 is 0.759 bits per heavy atom. The van der Waals surface area contributed by atoms with Gasteiger partial charge < -0.3 is 52.5 Å². The SMILES string of the molecule is [N-]=[N+]=NC[C@@H]1O[C@@H](O[C@H]2[C@H](O)[C@@H](O[C@@H]3O[C@H](COCc4ccccc4)[C@@H](OCc4ccccc4)[C@H](N=[N+]=[N-])[C@H]3OCc3ccccc3)[C@H](N=[N+]=[N-])C[C@@H]2N=[N+]=[N-])[C@@H](OCc2ccccc2)[C@H](OCc2ccccc2)[C@H]1OCc1ccccc1. The van der Waals surface area contributed by atoms with Gasteiger partial charge in [0.1, 0.15) is 36.6 Å². The fourth-order valence-electron chi connectivity index (χ4n) is 10.4. The quantitative estimate of drug-likeness (QED) is 0.0273. The lowest BCUT2D eigenvalue weighted by atomic mass is 9.84. The van der Waals surface area contributed by atoms with E-state index in [-0.39, 0.29) is 59.2 Å². The highest BCUT2D eigenvalue weighted by Gasteiger charge is 2.55.